The lowest BCUT2D eigenvalue weighted by molar-refractivity contribution is -0.137. The van der Waals surface area contributed by atoms with Crippen LogP contribution >= 0.6 is 11.8 Å². The lowest BCUT2D eigenvalue weighted by Crippen LogP contribution is -2.30. The fourth-order valence-corrected chi connectivity index (χ4v) is 3.47. The van der Waals surface area contributed by atoms with E-state index in [1.807, 2.05) is 6.92 Å². The summed E-state index contributed by atoms with van der Waals surface area (Å²) in [5.41, 5.74) is 0.0978. The van der Waals surface area contributed by atoms with E-state index in [2.05, 4.69) is 0 Å². The van der Waals surface area contributed by atoms with Crippen LogP contribution in [0.25, 0.3) is 0 Å². The van der Waals surface area contributed by atoms with Crippen LogP contribution in [0.3, 0.4) is 0 Å². The number of hydrogen-bond acceptors (Lipinski definition) is 2. The number of carbonyl (C=O) groups is 1. The molecule has 2 nitrogen and oxygen atoms in total. The van der Waals surface area contributed by atoms with Gasteiger partial charge >= 0.3 is 6.18 Å². The van der Waals surface area contributed by atoms with Gasteiger partial charge in [0.05, 0.1) is 5.56 Å². The van der Waals surface area contributed by atoms with Gasteiger partial charge in [0.1, 0.15) is 5.37 Å². The van der Waals surface area contributed by atoms with Gasteiger partial charge in [0, 0.05) is 18.7 Å². The van der Waals surface area contributed by atoms with Gasteiger partial charge in [-0.25, -0.2) is 0 Å². The van der Waals surface area contributed by atoms with Crippen molar-refractivity contribution in [2.75, 3.05) is 12.3 Å². The fraction of sp³-hybridized carbons (Fsp3) is 0.500. The van der Waals surface area contributed by atoms with Gasteiger partial charge in [-0.1, -0.05) is 19.1 Å². The minimum Gasteiger partial charge on any atom is -0.326 e. The first-order valence-corrected chi connectivity index (χ1v) is 7.56. The van der Waals surface area contributed by atoms with E-state index < -0.39 is 11.7 Å². The van der Waals surface area contributed by atoms with Gasteiger partial charge in [0.2, 0.25) is 5.91 Å². The molecule has 2 rings (SSSR count). The van der Waals surface area contributed by atoms with E-state index in [9.17, 15) is 18.0 Å². The van der Waals surface area contributed by atoms with Crippen LogP contribution in [-0.4, -0.2) is 23.1 Å². The quantitative estimate of drug-likeness (QED) is 0.838. The zero-order valence-electron chi connectivity index (χ0n) is 11.1. The number of halogens is 3. The summed E-state index contributed by atoms with van der Waals surface area (Å²) in [6, 6.07) is 5.10. The van der Waals surface area contributed by atoms with Crippen molar-refractivity contribution in [3.05, 3.63) is 35.4 Å². The fourth-order valence-electron chi connectivity index (χ4n) is 2.20. The molecule has 0 saturated carbocycles. The highest BCUT2D eigenvalue weighted by Crippen LogP contribution is 2.39. The number of alkyl halides is 3. The molecule has 1 heterocycles. The molecule has 0 radical (unpaired) electrons. The Bertz CT molecular complexity index is 472. The Balaban J connectivity index is 2.16. The summed E-state index contributed by atoms with van der Waals surface area (Å²) in [4.78, 5) is 13.7. The van der Waals surface area contributed by atoms with Crippen molar-refractivity contribution >= 4 is 17.7 Å². The number of amides is 1. The Morgan fingerprint density at radius 2 is 2.00 bits per heavy atom. The van der Waals surface area contributed by atoms with Crippen molar-refractivity contribution in [1.82, 2.24) is 4.90 Å². The first kappa shape index (κ1) is 15.2. The van der Waals surface area contributed by atoms with Crippen LogP contribution in [0.4, 0.5) is 13.2 Å². The van der Waals surface area contributed by atoms with Crippen LogP contribution in [0.1, 0.15) is 36.3 Å². The van der Waals surface area contributed by atoms with Crippen LogP contribution in [0.5, 0.6) is 0 Å². The van der Waals surface area contributed by atoms with Gasteiger partial charge in [-0.2, -0.15) is 13.2 Å². The van der Waals surface area contributed by atoms with Crippen LogP contribution < -0.4 is 0 Å². The van der Waals surface area contributed by atoms with Gasteiger partial charge in [-0.15, -0.1) is 11.8 Å². The Kier molecular flexibility index (Phi) is 4.62. The average Bonchev–Trinajstić information content (AvgIpc) is 2.87. The summed E-state index contributed by atoms with van der Waals surface area (Å²) in [5.74, 6) is 0.892. The lowest BCUT2D eigenvalue weighted by Gasteiger charge is -2.24. The molecule has 0 bridgehead atoms. The van der Waals surface area contributed by atoms with Crippen molar-refractivity contribution in [2.45, 2.75) is 31.3 Å². The number of nitrogens with zero attached hydrogens (tertiary/aromatic N) is 1. The molecule has 1 aromatic rings. The highest BCUT2D eigenvalue weighted by atomic mass is 32.2. The Morgan fingerprint density at radius 1 is 1.35 bits per heavy atom. The molecule has 1 atom stereocenters. The topological polar surface area (TPSA) is 20.3 Å². The van der Waals surface area contributed by atoms with E-state index in [0.717, 1.165) is 29.9 Å². The van der Waals surface area contributed by atoms with E-state index in [-0.39, 0.29) is 11.3 Å². The molecule has 0 aromatic heterocycles. The number of thioether (sulfide) groups is 1. The molecule has 0 N–H and O–H groups in total. The monoisotopic (exact) mass is 303 g/mol. The zero-order chi connectivity index (χ0) is 14.8. The highest BCUT2D eigenvalue weighted by molar-refractivity contribution is 7.99. The third-order valence-corrected chi connectivity index (χ3v) is 4.46. The van der Waals surface area contributed by atoms with Crippen LogP contribution in [0.2, 0.25) is 0 Å². The van der Waals surface area contributed by atoms with E-state index in [1.165, 1.54) is 12.1 Å². The van der Waals surface area contributed by atoms with Crippen molar-refractivity contribution < 1.29 is 18.0 Å². The first-order chi connectivity index (χ1) is 9.43. The van der Waals surface area contributed by atoms with Crippen molar-refractivity contribution in [3.63, 3.8) is 0 Å². The second-order valence-corrected chi connectivity index (χ2v) is 5.87. The molecular weight excluding hydrogens is 287 g/mol. The Morgan fingerprint density at radius 3 is 2.55 bits per heavy atom. The molecule has 1 aromatic carbocycles. The van der Waals surface area contributed by atoms with Crippen molar-refractivity contribution in [2.24, 2.45) is 0 Å². The standard InChI is InChI=1S/C14H16F3NOS/c1-2-3-12(19)18-8-9-20-13(18)10-4-6-11(7-5-10)14(15,16)17/h4-7,13H,2-3,8-9H2,1H3. The Labute approximate surface area is 120 Å². The van der Waals surface area contributed by atoms with E-state index in [4.69, 9.17) is 0 Å². The van der Waals surface area contributed by atoms with Crippen molar-refractivity contribution in [1.29, 1.82) is 0 Å². The van der Waals surface area contributed by atoms with Gasteiger partial charge < -0.3 is 4.90 Å². The second kappa shape index (κ2) is 6.08. The number of hydrogen-bond donors (Lipinski definition) is 0. The maximum absolute atomic E-state index is 12.5. The summed E-state index contributed by atoms with van der Waals surface area (Å²) in [6.07, 6.45) is -3.06. The minimum atomic E-state index is -4.32. The average molecular weight is 303 g/mol. The number of rotatable bonds is 3. The minimum absolute atomic E-state index is 0.0717. The molecule has 110 valence electrons. The zero-order valence-corrected chi connectivity index (χ0v) is 11.9. The summed E-state index contributed by atoms with van der Waals surface area (Å²) >= 11 is 1.59. The SMILES string of the molecule is CCCC(=O)N1CCSC1c1ccc(C(F)(F)F)cc1. The summed E-state index contributed by atoms with van der Waals surface area (Å²) < 4.78 is 37.6. The smallest absolute Gasteiger partial charge is 0.326 e. The van der Waals surface area contributed by atoms with Crippen LogP contribution in [-0.2, 0) is 11.0 Å². The summed E-state index contributed by atoms with van der Waals surface area (Å²) in [6.45, 7) is 2.60. The largest absolute Gasteiger partial charge is 0.416 e. The van der Waals surface area contributed by atoms with Gasteiger partial charge in [-0.05, 0) is 24.1 Å². The predicted molar refractivity (Wildman–Crippen MR) is 73.3 cm³/mol. The van der Waals surface area contributed by atoms with Crippen LogP contribution in [0, 0.1) is 0 Å². The van der Waals surface area contributed by atoms with E-state index >= 15 is 0 Å². The maximum atomic E-state index is 12.5. The molecule has 6 heteroatoms. The van der Waals surface area contributed by atoms with Gasteiger partial charge in [0.15, 0.2) is 0 Å². The number of carbonyl (C=O) groups excluding carboxylic acids is 1. The van der Waals surface area contributed by atoms with Crippen molar-refractivity contribution in [3.8, 4) is 0 Å². The first-order valence-electron chi connectivity index (χ1n) is 6.51. The van der Waals surface area contributed by atoms with Gasteiger partial charge in [-0.3, -0.25) is 4.79 Å². The second-order valence-electron chi connectivity index (χ2n) is 4.68. The molecule has 1 fully saturated rings. The normalized spacial score (nSPS) is 19.4. The molecule has 1 amide bonds. The summed E-state index contributed by atoms with van der Waals surface area (Å²) in [7, 11) is 0. The highest BCUT2D eigenvalue weighted by Gasteiger charge is 2.32. The predicted octanol–water partition coefficient (Wildman–Crippen LogP) is 4.08. The maximum Gasteiger partial charge on any atom is 0.416 e. The molecular formula is C14H16F3NOS. The number of benzene rings is 1. The molecule has 1 aliphatic rings. The molecule has 1 aliphatic heterocycles. The Hall–Kier alpha value is -1.17. The molecule has 0 spiro atoms. The van der Waals surface area contributed by atoms with E-state index in [0.29, 0.717) is 13.0 Å². The molecule has 20 heavy (non-hydrogen) atoms. The third-order valence-electron chi connectivity index (χ3n) is 3.20. The lowest BCUT2D eigenvalue weighted by atomic mass is 10.1. The molecule has 0 aliphatic carbocycles. The van der Waals surface area contributed by atoms with Crippen LogP contribution in [0.15, 0.2) is 24.3 Å². The van der Waals surface area contributed by atoms with Gasteiger partial charge in [0.25, 0.3) is 0 Å². The van der Waals surface area contributed by atoms with E-state index in [1.54, 1.807) is 16.7 Å². The molecule has 1 unspecified atom stereocenters. The summed E-state index contributed by atoms with van der Waals surface area (Å²) in [5, 5.41) is -0.156. The third kappa shape index (κ3) is 3.29. The molecule has 1 saturated heterocycles.